The lowest BCUT2D eigenvalue weighted by Crippen LogP contribution is -2.36. The molecule has 0 spiro atoms. The highest BCUT2D eigenvalue weighted by molar-refractivity contribution is 7.61. The van der Waals surface area contributed by atoms with E-state index in [2.05, 4.69) is 71.8 Å². The Kier molecular flexibility index (Phi) is 31.2. The Balaban J connectivity index is 1.40. The summed E-state index contributed by atoms with van der Waals surface area (Å²) in [5.41, 5.74) is 4.59. The van der Waals surface area contributed by atoms with Gasteiger partial charge in [0, 0.05) is 19.0 Å². The Morgan fingerprint density at radius 3 is 1.92 bits per heavy atom. The first kappa shape index (κ1) is 62.0. The SMILES string of the molecule is CCCCC/C=C\C/C=C\C/C=C\CCCCCCC(=O)O[C@H](COC(=O)CCCCCCC/C=C\CC1OC1CCCCC)COP(=O)(O)OP(=O)(O)OC[C@H]1O[C@@H](n2ccc(N)nc2=O)[C@H](O)[C@@H]1O. The summed E-state index contributed by atoms with van der Waals surface area (Å²) in [5, 5.41) is 20.9. The third-order valence-corrected chi connectivity index (χ3v) is 14.4. The zero-order chi connectivity index (χ0) is 51.7. The summed E-state index contributed by atoms with van der Waals surface area (Å²) in [5.74, 6) is -1.35. The van der Waals surface area contributed by atoms with Gasteiger partial charge in [-0.1, -0.05) is 127 Å². The van der Waals surface area contributed by atoms with E-state index in [0.717, 1.165) is 101 Å². The molecule has 0 bridgehead atoms. The van der Waals surface area contributed by atoms with Crippen LogP contribution in [0, 0.1) is 0 Å². The monoisotopic (exact) mass is 1040 g/mol. The van der Waals surface area contributed by atoms with Crippen molar-refractivity contribution in [2.24, 2.45) is 0 Å². The molecule has 3 rings (SSSR count). The highest BCUT2D eigenvalue weighted by atomic mass is 31.3. The lowest BCUT2D eigenvalue weighted by molar-refractivity contribution is -0.161. The van der Waals surface area contributed by atoms with Crippen LogP contribution < -0.4 is 11.4 Å². The number of hydrogen-bond acceptors (Lipinski definition) is 16. The molecular weight excluding hydrogens is 961 g/mol. The van der Waals surface area contributed by atoms with E-state index < -0.39 is 83.7 Å². The number of carbonyl (C=O) groups is 2. The summed E-state index contributed by atoms with van der Waals surface area (Å²) in [7, 11) is -10.9. The topological polar surface area (TPSA) is 278 Å². The Bertz CT molecular complexity index is 1950. The van der Waals surface area contributed by atoms with Gasteiger partial charge in [0.25, 0.3) is 0 Å². The van der Waals surface area contributed by atoms with Gasteiger partial charge in [-0.25, -0.2) is 13.9 Å². The molecule has 19 nitrogen and oxygen atoms in total. The predicted octanol–water partition coefficient (Wildman–Crippen LogP) is 9.54. The van der Waals surface area contributed by atoms with Crippen LogP contribution in [0.2, 0.25) is 0 Å². The Morgan fingerprint density at radius 2 is 1.27 bits per heavy atom. The maximum absolute atomic E-state index is 12.9. The summed E-state index contributed by atoms with van der Waals surface area (Å²) in [4.78, 5) is 62.0. The van der Waals surface area contributed by atoms with Gasteiger partial charge in [0.15, 0.2) is 12.3 Å². The second-order valence-electron chi connectivity index (χ2n) is 18.1. The van der Waals surface area contributed by atoms with Gasteiger partial charge in [0.05, 0.1) is 25.4 Å². The number of rotatable bonds is 41. The standard InChI is InChI=1S/C50H83N3O16P2/c1-3-5-7-8-9-10-11-12-13-14-15-16-17-18-23-26-30-34-46(55)66-40(37-63-45(54)33-29-25-22-20-19-21-24-28-32-42-41(67-42)31-27-6-4-2)38-64-70(59,60)69-71(61,62)65-39-43-47(56)48(57)49(68-43)53-36-35-44(51)52-50(53)58/h9-10,12-13,15-16,24,28,35-36,40-43,47-49,56-57H,3-8,11,14,17-23,25-27,29-34,37-39H2,1-2H3,(H,59,60)(H,61,62)(H2,51,52,58)/b10-9-,13-12-,16-15-,28-24-/t40-,41?,42?,43-,47-,48-,49-/m1/s1. The molecule has 404 valence electrons. The highest BCUT2D eigenvalue weighted by Gasteiger charge is 2.46. The number of nitrogens with zero attached hydrogens (tertiary/aromatic N) is 2. The van der Waals surface area contributed by atoms with Crippen LogP contribution in [-0.2, 0) is 51.0 Å². The van der Waals surface area contributed by atoms with Crippen molar-refractivity contribution in [1.29, 1.82) is 0 Å². The van der Waals surface area contributed by atoms with Crippen molar-refractivity contribution < 1.29 is 71.0 Å². The number of unbranched alkanes of at least 4 members (excludes halogenated alkanes) is 14. The van der Waals surface area contributed by atoms with Crippen molar-refractivity contribution in [3.63, 3.8) is 0 Å². The second kappa shape index (κ2) is 35.8. The number of epoxide rings is 1. The molecule has 1 aromatic heterocycles. The maximum atomic E-state index is 12.9. The molecule has 0 aromatic carbocycles. The number of allylic oxidation sites excluding steroid dienone is 7. The average Bonchev–Trinajstić information content (AvgIpc) is 4.02. The van der Waals surface area contributed by atoms with Crippen LogP contribution in [0.25, 0.3) is 0 Å². The van der Waals surface area contributed by atoms with Crippen molar-refractivity contribution in [2.45, 2.75) is 211 Å². The van der Waals surface area contributed by atoms with Crippen molar-refractivity contribution in [3.05, 3.63) is 71.4 Å². The summed E-state index contributed by atoms with van der Waals surface area (Å²) < 4.78 is 62.5. The molecule has 2 fully saturated rings. The fourth-order valence-electron chi connectivity index (χ4n) is 7.68. The number of esters is 2. The Labute approximate surface area is 420 Å². The van der Waals surface area contributed by atoms with Gasteiger partial charge in [-0.2, -0.15) is 9.29 Å². The van der Waals surface area contributed by atoms with E-state index in [4.69, 9.17) is 33.7 Å². The van der Waals surface area contributed by atoms with Gasteiger partial charge in [-0.15, -0.1) is 0 Å². The quantitative estimate of drug-likeness (QED) is 0.0134. The van der Waals surface area contributed by atoms with E-state index >= 15 is 0 Å². The number of aromatic nitrogens is 2. The maximum Gasteiger partial charge on any atom is 0.481 e. The number of anilines is 1. The van der Waals surface area contributed by atoms with Gasteiger partial charge >= 0.3 is 33.3 Å². The number of nitrogens with two attached hydrogens (primary N) is 1. The van der Waals surface area contributed by atoms with Crippen LogP contribution in [0.1, 0.15) is 174 Å². The molecular formula is C50H83N3O16P2. The first-order valence-corrected chi connectivity index (χ1v) is 28.8. The molecule has 2 saturated heterocycles. The number of aliphatic hydroxyl groups excluding tert-OH is 2. The Hall–Kier alpha value is -3.32. The van der Waals surface area contributed by atoms with Crippen molar-refractivity contribution in [2.75, 3.05) is 25.6 Å². The minimum atomic E-state index is -5.44. The Morgan fingerprint density at radius 1 is 0.704 bits per heavy atom. The highest BCUT2D eigenvalue weighted by Crippen LogP contribution is 2.60. The molecule has 9 atom stereocenters. The zero-order valence-corrected chi connectivity index (χ0v) is 43.7. The summed E-state index contributed by atoms with van der Waals surface area (Å²) in [6.07, 6.45) is 33.5. The fourth-order valence-corrected chi connectivity index (χ4v) is 9.79. The first-order valence-electron chi connectivity index (χ1n) is 25.8. The van der Waals surface area contributed by atoms with E-state index in [9.17, 15) is 43.5 Å². The lowest BCUT2D eigenvalue weighted by Gasteiger charge is -2.21. The largest absolute Gasteiger partial charge is 0.481 e. The van der Waals surface area contributed by atoms with E-state index in [1.54, 1.807) is 0 Å². The van der Waals surface area contributed by atoms with Gasteiger partial charge in [-0.05, 0) is 83.1 Å². The molecule has 2 aliphatic heterocycles. The summed E-state index contributed by atoms with van der Waals surface area (Å²) in [6.45, 7) is 2.06. The number of phosphoric ester groups is 2. The van der Waals surface area contributed by atoms with Crippen LogP contribution in [0.3, 0.4) is 0 Å². The number of carbonyl (C=O) groups excluding carboxylic acids is 2. The van der Waals surface area contributed by atoms with Crippen LogP contribution in [0.15, 0.2) is 65.7 Å². The second-order valence-corrected chi connectivity index (χ2v) is 21.1. The molecule has 4 unspecified atom stereocenters. The van der Waals surface area contributed by atoms with E-state index in [-0.39, 0.29) is 18.7 Å². The number of hydrogen-bond donors (Lipinski definition) is 5. The molecule has 6 N–H and O–H groups in total. The minimum Gasteiger partial charge on any atom is -0.462 e. The lowest BCUT2D eigenvalue weighted by atomic mass is 10.1. The molecule has 71 heavy (non-hydrogen) atoms. The molecule has 21 heteroatoms. The minimum absolute atomic E-state index is 0.0174. The number of nitrogen functional groups attached to an aromatic ring is 1. The molecule has 0 aliphatic carbocycles. The number of ether oxygens (including phenoxy) is 4. The van der Waals surface area contributed by atoms with Crippen molar-refractivity contribution in [1.82, 2.24) is 9.55 Å². The fraction of sp³-hybridized carbons (Fsp3) is 0.720. The third-order valence-electron chi connectivity index (χ3n) is 11.8. The van der Waals surface area contributed by atoms with Gasteiger partial charge in [-0.3, -0.25) is 23.2 Å². The molecule has 0 saturated carbocycles. The van der Waals surface area contributed by atoms with Crippen LogP contribution in [-0.4, -0.2) is 97.9 Å². The average molecular weight is 1040 g/mol. The summed E-state index contributed by atoms with van der Waals surface area (Å²) in [6, 6.07) is 1.24. The van der Waals surface area contributed by atoms with Gasteiger partial charge in [0.2, 0.25) is 0 Å². The van der Waals surface area contributed by atoms with E-state index in [0.29, 0.717) is 25.0 Å². The summed E-state index contributed by atoms with van der Waals surface area (Å²) >= 11 is 0. The van der Waals surface area contributed by atoms with Crippen molar-refractivity contribution >= 4 is 33.4 Å². The zero-order valence-electron chi connectivity index (χ0n) is 42.0. The third kappa shape index (κ3) is 28.1. The van der Waals surface area contributed by atoms with Gasteiger partial charge < -0.3 is 44.7 Å². The normalized spacial score (nSPS) is 22.4. The molecule has 1 aromatic rings. The molecule has 3 heterocycles. The van der Waals surface area contributed by atoms with Crippen LogP contribution in [0.4, 0.5) is 5.82 Å². The molecule has 0 amide bonds. The van der Waals surface area contributed by atoms with Crippen LogP contribution in [0.5, 0.6) is 0 Å². The number of aliphatic hydroxyl groups is 2. The first-order chi connectivity index (χ1) is 34.1. The van der Waals surface area contributed by atoms with E-state index in [1.807, 2.05) is 0 Å². The van der Waals surface area contributed by atoms with Crippen molar-refractivity contribution in [3.8, 4) is 0 Å². The molecule has 2 aliphatic rings. The predicted molar refractivity (Wildman–Crippen MR) is 270 cm³/mol. The van der Waals surface area contributed by atoms with Gasteiger partial charge in [0.1, 0.15) is 30.7 Å². The van der Waals surface area contributed by atoms with Crippen LogP contribution >= 0.6 is 15.6 Å². The smallest absolute Gasteiger partial charge is 0.462 e. The van der Waals surface area contributed by atoms with E-state index in [1.165, 1.54) is 44.6 Å². The molecule has 0 radical (unpaired) electrons. The number of phosphoric acid groups is 2.